The molecule has 31 heavy (non-hydrogen) atoms. The number of nitrogens with zero attached hydrogens (tertiary/aromatic N) is 2. The van der Waals surface area contributed by atoms with Crippen molar-refractivity contribution >= 4 is 11.7 Å². The van der Waals surface area contributed by atoms with Crippen LogP contribution in [0, 0.1) is 19.7 Å². The Morgan fingerprint density at radius 2 is 1.55 bits per heavy atom. The van der Waals surface area contributed by atoms with Gasteiger partial charge in [-0.15, -0.1) is 0 Å². The monoisotopic (exact) mass is 413 g/mol. The second-order valence-electron chi connectivity index (χ2n) is 7.21. The molecule has 5 nitrogen and oxygen atoms in total. The Morgan fingerprint density at radius 1 is 0.903 bits per heavy atom. The summed E-state index contributed by atoms with van der Waals surface area (Å²) < 4.78 is 15.0. The molecular formula is C25H20FN3O2. The van der Waals surface area contributed by atoms with Crippen LogP contribution in [0.3, 0.4) is 0 Å². The van der Waals surface area contributed by atoms with Crippen molar-refractivity contribution in [2.45, 2.75) is 13.8 Å². The van der Waals surface area contributed by atoms with E-state index >= 15 is 0 Å². The molecule has 0 atom stereocenters. The van der Waals surface area contributed by atoms with Gasteiger partial charge in [-0.25, -0.2) is 9.07 Å². The maximum atomic E-state index is 13.5. The molecule has 1 N–H and O–H groups in total. The van der Waals surface area contributed by atoms with Gasteiger partial charge in [-0.1, -0.05) is 48.0 Å². The van der Waals surface area contributed by atoms with Crippen LogP contribution in [-0.2, 0) is 0 Å². The van der Waals surface area contributed by atoms with Crippen molar-refractivity contribution in [1.82, 2.24) is 9.78 Å². The first kappa shape index (κ1) is 20.2. The lowest BCUT2D eigenvalue weighted by Gasteiger charge is -2.18. The Hall–Kier alpha value is -4.06. The van der Waals surface area contributed by atoms with Gasteiger partial charge in [0.2, 0.25) is 5.43 Å². The Morgan fingerprint density at radius 3 is 2.19 bits per heavy atom. The average Bonchev–Trinajstić information content (AvgIpc) is 2.78. The molecule has 1 aromatic heterocycles. The van der Waals surface area contributed by atoms with Gasteiger partial charge < -0.3 is 5.32 Å². The third kappa shape index (κ3) is 4.14. The van der Waals surface area contributed by atoms with Crippen molar-refractivity contribution in [2.75, 3.05) is 5.32 Å². The number of carbonyl (C=O) groups is 1. The molecular weight excluding hydrogens is 393 g/mol. The zero-order valence-corrected chi connectivity index (χ0v) is 17.1. The highest BCUT2D eigenvalue weighted by Crippen LogP contribution is 2.27. The number of halogens is 1. The smallest absolute Gasteiger partial charge is 0.256 e. The van der Waals surface area contributed by atoms with Gasteiger partial charge in [0, 0.05) is 5.56 Å². The number of hydrogen-bond acceptors (Lipinski definition) is 3. The zero-order chi connectivity index (χ0) is 22.0. The van der Waals surface area contributed by atoms with E-state index in [9.17, 15) is 14.0 Å². The highest BCUT2D eigenvalue weighted by molar-refractivity contribution is 6.05. The fraction of sp³-hybridized carbons (Fsp3) is 0.0800. The van der Waals surface area contributed by atoms with Crippen LogP contribution in [0.1, 0.15) is 21.6 Å². The zero-order valence-electron chi connectivity index (χ0n) is 17.1. The molecule has 0 radical (unpaired) electrons. The second-order valence-corrected chi connectivity index (χ2v) is 7.21. The minimum atomic E-state index is -0.393. The minimum Gasteiger partial charge on any atom is -0.306 e. The number of amides is 1. The summed E-state index contributed by atoms with van der Waals surface area (Å²) in [6, 6.07) is 21.9. The summed E-state index contributed by atoms with van der Waals surface area (Å²) in [5.41, 5.74) is 2.93. The number of hydrogen-bond donors (Lipinski definition) is 1. The van der Waals surface area contributed by atoms with Crippen molar-refractivity contribution in [1.29, 1.82) is 0 Å². The summed E-state index contributed by atoms with van der Waals surface area (Å²) in [5, 5.41) is 7.25. The van der Waals surface area contributed by atoms with Crippen LogP contribution in [0.15, 0.2) is 83.7 Å². The van der Waals surface area contributed by atoms with Crippen LogP contribution in [0.25, 0.3) is 16.8 Å². The van der Waals surface area contributed by atoms with Gasteiger partial charge >= 0.3 is 0 Å². The third-order valence-electron chi connectivity index (χ3n) is 4.93. The summed E-state index contributed by atoms with van der Waals surface area (Å²) in [4.78, 5) is 26.1. The summed E-state index contributed by atoms with van der Waals surface area (Å²) >= 11 is 0. The summed E-state index contributed by atoms with van der Waals surface area (Å²) in [7, 11) is 0. The molecule has 0 saturated heterocycles. The van der Waals surface area contributed by atoms with E-state index in [-0.39, 0.29) is 22.8 Å². The van der Waals surface area contributed by atoms with E-state index in [1.165, 1.54) is 16.8 Å². The van der Waals surface area contributed by atoms with E-state index in [4.69, 9.17) is 0 Å². The Bertz CT molecular complexity index is 1300. The Labute approximate surface area is 178 Å². The predicted octanol–water partition coefficient (Wildman–Crippen LogP) is 4.91. The molecule has 0 fully saturated rings. The van der Waals surface area contributed by atoms with Crippen molar-refractivity contribution in [3.63, 3.8) is 0 Å². The second kappa shape index (κ2) is 8.36. The van der Waals surface area contributed by atoms with Crippen molar-refractivity contribution < 1.29 is 9.18 Å². The van der Waals surface area contributed by atoms with Gasteiger partial charge in [0.15, 0.2) is 0 Å². The minimum absolute atomic E-state index is 0.221. The van der Waals surface area contributed by atoms with E-state index in [2.05, 4.69) is 10.4 Å². The fourth-order valence-electron chi connectivity index (χ4n) is 3.28. The summed E-state index contributed by atoms with van der Waals surface area (Å²) in [5.74, 6) is -0.549. The lowest BCUT2D eigenvalue weighted by atomic mass is 10.0. The van der Waals surface area contributed by atoms with Gasteiger partial charge in [0.25, 0.3) is 5.91 Å². The molecule has 6 heteroatoms. The molecule has 4 aromatic rings. The van der Waals surface area contributed by atoms with Gasteiger partial charge in [-0.05, 0) is 55.8 Å². The fourth-order valence-corrected chi connectivity index (χ4v) is 3.28. The maximum absolute atomic E-state index is 13.5. The van der Waals surface area contributed by atoms with Crippen LogP contribution in [0.4, 0.5) is 10.2 Å². The van der Waals surface area contributed by atoms with Crippen LogP contribution < -0.4 is 10.7 Å². The molecule has 1 heterocycles. The molecule has 154 valence electrons. The first-order valence-electron chi connectivity index (χ1n) is 9.77. The van der Waals surface area contributed by atoms with E-state index < -0.39 is 5.82 Å². The van der Waals surface area contributed by atoms with E-state index in [0.29, 0.717) is 22.4 Å². The van der Waals surface area contributed by atoms with Gasteiger partial charge in [-0.2, -0.15) is 5.10 Å². The van der Waals surface area contributed by atoms with Gasteiger partial charge in [0.05, 0.1) is 11.3 Å². The SMILES string of the molecule is Cc1ccc(C(=O)Nc2c(-c3ccccc3)c(=O)c(C)nn2-c2ccc(F)cc2)cc1. The highest BCUT2D eigenvalue weighted by atomic mass is 19.1. The van der Waals surface area contributed by atoms with E-state index in [1.807, 2.05) is 37.3 Å². The van der Waals surface area contributed by atoms with Crippen LogP contribution in [0.5, 0.6) is 0 Å². The molecule has 1 amide bonds. The van der Waals surface area contributed by atoms with Gasteiger partial charge in [0.1, 0.15) is 17.3 Å². The van der Waals surface area contributed by atoms with Crippen molar-refractivity contribution in [3.05, 3.63) is 112 Å². The number of aryl methyl sites for hydroxylation is 2. The third-order valence-corrected chi connectivity index (χ3v) is 4.93. The predicted molar refractivity (Wildman–Crippen MR) is 119 cm³/mol. The molecule has 0 aliphatic heterocycles. The normalized spacial score (nSPS) is 10.7. The van der Waals surface area contributed by atoms with E-state index in [0.717, 1.165) is 5.56 Å². The number of anilines is 1. The molecule has 0 spiro atoms. The number of aromatic nitrogens is 2. The molecule has 0 bridgehead atoms. The van der Waals surface area contributed by atoms with Crippen LogP contribution in [0.2, 0.25) is 0 Å². The standard InChI is InChI=1S/C25H20FN3O2/c1-16-8-10-19(11-9-16)25(31)27-24-22(18-6-4-3-5-7-18)23(30)17(2)28-29(24)21-14-12-20(26)13-15-21/h3-15H,1-2H3,(H,27,31). The largest absolute Gasteiger partial charge is 0.306 e. The quantitative estimate of drug-likeness (QED) is 0.517. The highest BCUT2D eigenvalue weighted by Gasteiger charge is 2.20. The topological polar surface area (TPSA) is 64.0 Å². The molecule has 0 aliphatic carbocycles. The molecule has 4 rings (SSSR count). The number of nitrogens with one attached hydrogen (secondary N) is 1. The Balaban J connectivity index is 1.94. The molecule has 3 aromatic carbocycles. The van der Waals surface area contributed by atoms with Crippen molar-refractivity contribution in [3.8, 4) is 16.8 Å². The summed E-state index contributed by atoms with van der Waals surface area (Å²) in [6.45, 7) is 3.55. The first-order valence-corrected chi connectivity index (χ1v) is 9.77. The number of carbonyl (C=O) groups excluding carboxylic acids is 1. The van der Waals surface area contributed by atoms with Crippen LogP contribution in [-0.4, -0.2) is 15.7 Å². The van der Waals surface area contributed by atoms with Gasteiger partial charge in [-0.3, -0.25) is 9.59 Å². The first-order chi connectivity index (χ1) is 14.9. The lowest BCUT2D eigenvalue weighted by molar-refractivity contribution is 0.102. The summed E-state index contributed by atoms with van der Waals surface area (Å²) in [6.07, 6.45) is 0. The Kier molecular flexibility index (Phi) is 5.45. The average molecular weight is 413 g/mol. The molecule has 0 saturated carbocycles. The lowest BCUT2D eigenvalue weighted by Crippen LogP contribution is -2.25. The van der Waals surface area contributed by atoms with E-state index in [1.54, 1.807) is 43.3 Å². The maximum Gasteiger partial charge on any atom is 0.256 e. The van der Waals surface area contributed by atoms with Crippen LogP contribution >= 0.6 is 0 Å². The molecule has 0 unspecified atom stereocenters. The van der Waals surface area contributed by atoms with Crippen molar-refractivity contribution in [2.24, 2.45) is 0 Å². The number of rotatable bonds is 4. The number of benzene rings is 3. The molecule has 0 aliphatic rings.